The molecular weight excluding hydrogens is 517 g/mol. The second kappa shape index (κ2) is 14.2. The molecule has 1 unspecified atom stereocenters. The van der Waals surface area contributed by atoms with Gasteiger partial charge in [0, 0.05) is 18.4 Å². The van der Waals surface area contributed by atoms with Crippen LogP contribution >= 0.6 is 12.4 Å². The van der Waals surface area contributed by atoms with E-state index in [1.54, 1.807) is 23.9 Å². The first kappa shape index (κ1) is 30.3. The maximum absolute atomic E-state index is 13.5. The van der Waals surface area contributed by atoms with Gasteiger partial charge in [-0.3, -0.25) is 4.79 Å². The summed E-state index contributed by atoms with van der Waals surface area (Å²) in [6.07, 6.45) is 5.60. The van der Waals surface area contributed by atoms with Crippen molar-refractivity contribution in [1.29, 1.82) is 0 Å². The Hall–Kier alpha value is -3.26. The molecule has 0 radical (unpaired) electrons. The number of ether oxygens (including phenoxy) is 1. The van der Waals surface area contributed by atoms with Crippen molar-refractivity contribution in [2.75, 3.05) is 26.7 Å². The molecule has 0 amide bonds. The Morgan fingerprint density at radius 3 is 2.33 bits per heavy atom. The number of nitrogens with zero attached hydrogens (tertiary/aromatic N) is 3. The summed E-state index contributed by atoms with van der Waals surface area (Å²) in [5, 5.41) is 6.49. The minimum absolute atomic E-state index is 0. The summed E-state index contributed by atoms with van der Waals surface area (Å²) >= 11 is 0. The number of hydrogen-bond donors (Lipinski definition) is 0. The molecule has 39 heavy (non-hydrogen) atoms. The Bertz CT molecular complexity index is 1390. The normalized spacial score (nSPS) is 15.7. The minimum atomic E-state index is -0.251. The van der Waals surface area contributed by atoms with Crippen LogP contribution in [0.2, 0.25) is 0 Å². The number of hydrogen-bond acceptors (Lipinski definition) is 4. The molecule has 0 aliphatic carbocycles. The maximum Gasteiger partial charge on any atom is 0.274 e. The van der Waals surface area contributed by atoms with Crippen LogP contribution in [-0.2, 0) is 12.8 Å². The topological polar surface area (TPSA) is 78.9 Å². The maximum atomic E-state index is 13.5. The number of likely N-dealkylation sites (tertiary alicyclic amines) is 1. The number of fused-ring (bicyclic) bond motifs is 1. The van der Waals surface area contributed by atoms with Crippen LogP contribution in [0.25, 0.3) is 10.8 Å². The standard InChI is InChI=1S/C31H34FN3O2.ClH.H2O/c1-37-27-16-12-23(13-17-27)6-4-19-34-20-5-7-26(18-21-34)35-31(36)29-9-3-2-8-28(29)30(33-35)22-24-10-14-25(32)15-11-24;;/h2-3,8-17,26H,4-7,18-22H2,1H3;1H;1H2. The quantitative estimate of drug-likeness (QED) is 0.293. The van der Waals surface area contributed by atoms with Crippen LogP contribution in [-0.4, -0.2) is 46.9 Å². The van der Waals surface area contributed by atoms with Gasteiger partial charge in [0.25, 0.3) is 5.56 Å². The van der Waals surface area contributed by atoms with E-state index in [2.05, 4.69) is 17.0 Å². The molecule has 1 fully saturated rings. The summed E-state index contributed by atoms with van der Waals surface area (Å²) in [5.41, 5.74) is 3.15. The lowest BCUT2D eigenvalue weighted by atomic mass is 10.0. The lowest BCUT2D eigenvalue weighted by molar-refractivity contribution is 0.275. The van der Waals surface area contributed by atoms with Crippen molar-refractivity contribution in [3.8, 4) is 5.75 Å². The first-order valence-electron chi connectivity index (χ1n) is 13.2. The molecule has 1 atom stereocenters. The average molecular weight is 554 g/mol. The van der Waals surface area contributed by atoms with E-state index in [9.17, 15) is 9.18 Å². The summed E-state index contributed by atoms with van der Waals surface area (Å²) in [4.78, 5) is 16.0. The van der Waals surface area contributed by atoms with E-state index in [0.29, 0.717) is 11.8 Å². The van der Waals surface area contributed by atoms with E-state index < -0.39 is 0 Å². The number of benzene rings is 3. The van der Waals surface area contributed by atoms with E-state index in [1.165, 1.54) is 17.7 Å². The number of aromatic nitrogens is 2. The van der Waals surface area contributed by atoms with Crippen molar-refractivity contribution in [2.24, 2.45) is 0 Å². The van der Waals surface area contributed by atoms with Crippen molar-refractivity contribution >= 4 is 23.2 Å². The minimum Gasteiger partial charge on any atom is -0.497 e. The fraction of sp³-hybridized carbons (Fsp3) is 0.355. The van der Waals surface area contributed by atoms with Gasteiger partial charge in [-0.2, -0.15) is 5.10 Å². The van der Waals surface area contributed by atoms with E-state index in [-0.39, 0.29) is 35.3 Å². The lowest BCUT2D eigenvalue weighted by Crippen LogP contribution is -2.30. The largest absolute Gasteiger partial charge is 0.497 e. The van der Waals surface area contributed by atoms with Gasteiger partial charge < -0.3 is 15.1 Å². The molecule has 0 saturated carbocycles. The smallest absolute Gasteiger partial charge is 0.274 e. The average Bonchev–Trinajstić information content (AvgIpc) is 3.17. The summed E-state index contributed by atoms with van der Waals surface area (Å²) in [5.74, 6) is 0.638. The summed E-state index contributed by atoms with van der Waals surface area (Å²) in [6, 6.07) is 22.6. The molecule has 3 aromatic carbocycles. The molecule has 1 saturated heterocycles. The molecule has 1 aromatic heterocycles. The molecule has 6 nitrogen and oxygen atoms in total. The van der Waals surface area contributed by atoms with Crippen molar-refractivity contribution in [3.05, 3.63) is 106 Å². The van der Waals surface area contributed by atoms with E-state index in [4.69, 9.17) is 9.84 Å². The molecule has 8 heteroatoms. The van der Waals surface area contributed by atoms with Gasteiger partial charge in [-0.05, 0) is 86.7 Å². The lowest BCUT2D eigenvalue weighted by Gasteiger charge is -2.21. The molecule has 2 N–H and O–H groups in total. The number of aryl methyl sites for hydroxylation is 1. The van der Waals surface area contributed by atoms with Crippen LogP contribution in [0.15, 0.2) is 77.6 Å². The molecule has 0 bridgehead atoms. The predicted molar refractivity (Wildman–Crippen MR) is 157 cm³/mol. The van der Waals surface area contributed by atoms with Crippen LogP contribution in [0, 0.1) is 5.82 Å². The van der Waals surface area contributed by atoms with Gasteiger partial charge >= 0.3 is 0 Å². The Morgan fingerprint density at radius 1 is 0.923 bits per heavy atom. The van der Waals surface area contributed by atoms with Crippen LogP contribution in [0.5, 0.6) is 5.75 Å². The van der Waals surface area contributed by atoms with Crippen molar-refractivity contribution in [1.82, 2.24) is 14.7 Å². The molecule has 0 spiro atoms. The van der Waals surface area contributed by atoms with Gasteiger partial charge in [0.2, 0.25) is 0 Å². The Kier molecular flexibility index (Phi) is 11.0. The molecule has 4 aromatic rings. The summed E-state index contributed by atoms with van der Waals surface area (Å²) in [7, 11) is 1.69. The van der Waals surface area contributed by atoms with Gasteiger partial charge in [-0.15, -0.1) is 12.4 Å². The number of methoxy groups -OCH3 is 1. The SMILES string of the molecule is COc1ccc(CCCN2CCCC(n3nc(Cc4ccc(F)cc4)c4ccccc4c3=O)CC2)cc1.Cl.O. The highest BCUT2D eigenvalue weighted by Gasteiger charge is 2.22. The van der Waals surface area contributed by atoms with Crippen molar-refractivity contribution in [2.45, 2.75) is 44.6 Å². The van der Waals surface area contributed by atoms with Gasteiger partial charge in [-0.25, -0.2) is 9.07 Å². The highest BCUT2D eigenvalue weighted by Crippen LogP contribution is 2.24. The third kappa shape index (κ3) is 7.44. The molecule has 1 aliphatic heterocycles. The van der Waals surface area contributed by atoms with E-state index in [0.717, 1.165) is 74.1 Å². The first-order chi connectivity index (χ1) is 18.1. The Labute approximate surface area is 235 Å². The Balaban J connectivity index is 0.00000210. The highest BCUT2D eigenvalue weighted by molar-refractivity contribution is 5.85. The van der Waals surface area contributed by atoms with Crippen molar-refractivity contribution in [3.63, 3.8) is 0 Å². The third-order valence-corrected chi connectivity index (χ3v) is 7.42. The second-order valence-corrected chi connectivity index (χ2v) is 9.92. The van der Waals surface area contributed by atoms with Crippen molar-refractivity contribution < 1.29 is 14.6 Å². The van der Waals surface area contributed by atoms with E-state index in [1.807, 2.05) is 36.4 Å². The van der Waals surface area contributed by atoms with Gasteiger partial charge in [0.1, 0.15) is 11.6 Å². The first-order valence-corrected chi connectivity index (χ1v) is 13.2. The van der Waals surface area contributed by atoms with Crippen LogP contribution in [0.3, 0.4) is 0 Å². The fourth-order valence-electron chi connectivity index (χ4n) is 5.35. The zero-order chi connectivity index (χ0) is 25.6. The van der Waals surface area contributed by atoms with Gasteiger partial charge in [-0.1, -0.05) is 42.5 Å². The molecule has 5 rings (SSSR count). The monoisotopic (exact) mass is 553 g/mol. The number of halogens is 2. The zero-order valence-corrected chi connectivity index (χ0v) is 23.1. The summed E-state index contributed by atoms with van der Waals surface area (Å²) in [6.45, 7) is 3.06. The zero-order valence-electron chi connectivity index (χ0n) is 22.3. The summed E-state index contributed by atoms with van der Waals surface area (Å²) < 4.78 is 20.4. The predicted octanol–water partition coefficient (Wildman–Crippen LogP) is 5.39. The fourth-order valence-corrected chi connectivity index (χ4v) is 5.35. The van der Waals surface area contributed by atoms with Crippen LogP contribution in [0.1, 0.15) is 48.5 Å². The van der Waals surface area contributed by atoms with Crippen LogP contribution in [0.4, 0.5) is 4.39 Å². The van der Waals surface area contributed by atoms with Gasteiger partial charge in [0.15, 0.2) is 0 Å². The third-order valence-electron chi connectivity index (χ3n) is 7.42. The highest BCUT2D eigenvalue weighted by atomic mass is 35.5. The molecule has 2 heterocycles. The van der Waals surface area contributed by atoms with Crippen LogP contribution < -0.4 is 10.3 Å². The Morgan fingerprint density at radius 2 is 1.62 bits per heavy atom. The molecule has 1 aliphatic rings. The van der Waals surface area contributed by atoms with Gasteiger partial charge in [0.05, 0.1) is 24.2 Å². The number of rotatable bonds is 8. The molecule has 208 valence electrons. The second-order valence-electron chi connectivity index (χ2n) is 9.92. The molecular formula is C31H37ClFN3O3. The van der Waals surface area contributed by atoms with E-state index >= 15 is 0 Å².